The van der Waals surface area contributed by atoms with E-state index in [4.69, 9.17) is 11.5 Å². The van der Waals surface area contributed by atoms with E-state index in [0.717, 1.165) is 17.0 Å². The Kier molecular flexibility index (Phi) is 6.05. The Morgan fingerprint density at radius 1 is 1.30 bits per heavy atom. The molecule has 20 heavy (non-hydrogen) atoms. The average Bonchev–Trinajstić information content (AvgIpc) is 2.41. The minimum absolute atomic E-state index is 0.191. The Balaban J connectivity index is 2.63. The lowest BCUT2D eigenvalue weighted by Gasteiger charge is -2.20. The zero-order valence-electron chi connectivity index (χ0n) is 10.9. The highest BCUT2D eigenvalue weighted by Gasteiger charge is 2.14. The van der Waals surface area contributed by atoms with Crippen LogP contribution in [0.15, 0.2) is 18.2 Å². The third kappa shape index (κ3) is 4.58. The number of primary amides is 1. The number of nitrogens with zero attached hydrogens (tertiary/aromatic N) is 1. The number of unbranched alkanes of at least 4 members (excludes halogenated alkanes) is 1. The molecule has 4 N–H and O–H groups in total. The predicted molar refractivity (Wildman–Crippen MR) is 71.2 cm³/mol. The normalized spacial score (nSPS) is 11.9. The van der Waals surface area contributed by atoms with Gasteiger partial charge in [-0.2, -0.15) is 0 Å². The van der Waals surface area contributed by atoms with Gasteiger partial charge in [-0.05, 0) is 31.4 Å². The molecule has 0 bridgehead atoms. The fraction of sp³-hybridized carbons (Fsp3) is 0.385. The molecule has 1 atom stereocenters. The fourth-order valence-electron chi connectivity index (χ4n) is 1.74. The Morgan fingerprint density at radius 2 is 2.00 bits per heavy atom. The van der Waals surface area contributed by atoms with Crippen LogP contribution in [-0.2, 0) is 4.79 Å². The molecule has 0 aliphatic rings. The molecular weight excluding hydrogens is 268 g/mol. The molecule has 1 aromatic carbocycles. The molecule has 0 fully saturated rings. The predicted octanol–water partition coefficient (Wildman–Crippen LogP) is 1.55. The summed E-state index contributed by atoms with van der Waals surface area (Å²) in [5, 5.41) is 0. The largest absolute Gasteiger partial charge is 0.351 e. The van der Waals surface area contributed by atoms with E-state index in [0.29, 0.717) is 25.5 Å². The molecule has 0 radical (unpaired) electrons. The summed E-state index contributed by atoms with van der Waals surface area (Å²) in [6.45, 7) is 0.242. The number of carbonyl (C=O) groups excluding carboxylic acids is 2. The van der Waals surface area contributed by atoms with E-state index in [-0.39, 0.29) is 12.2 Å². The van der Waals surface area contributed by atoms with Crippen molar-refractivity contribution in [2.45, 2.75) is 25.3 Å². The van der Waals surface area contributed by atoms with Crippen LogP contribution in [0.25, 0.3) is 0 Å². The Bertz CT molecular complexity index is 483. The summed E-state index contributed by atoms with van der Waals surface area (Å²) >= 11 is 0. The second-order valence-corrected chi connectivity index (χ2v) is 4.38. The van der Waals surface area contributed by atoms with E-state index >= 15 is 0 Å². The smallest absolute Gasteiger partial charge is 0.319 e. The monoisotopic (exact) mass is 285 g/mol. The van der Waals surface area contributed by atoms with Gasteiger partial charge in [0.2, 0.25) is 0 Å². The number of hydrogen-bond acceptors (Lipinski definition) is 3. The lowest BCUT2D eigenvalue weighted by Crippen LogP contribution is -2.36. The van der Waals surface area contributed by atoms with Gasteiger partial charge in [-0.25, -0.2) is 13.6 Å². The molecule has 1 unspecified atom stereocenters. The summed E-state index contributed by atoms with van der Waals surface area (Å²) in [5.74, 6) is -2.04. The molecule has 0 heterocycles. The van der Waals surface area contributed by atoms with Gasteiger partial charge in [0.05, 0.1) is 6.04 Å². The maximum absolute atomic E-state index is 13.1. The minimum Gasteiger partial charge on any atom is -0.351 e. The highest BCUT2D eigenvalue weighted by atomic mass is 19.2. The Labute approximate surface area is 115 Å². The zero-order chi connectivity index (χ0) is 15.1. The molecular formula is C13H17F2N3O2. The van der Waals surface area contributed by atoms with Crippen molar-refractivity contribution in [2.75, 3.05) is 11.4 Å². The average molecular weight is 285 g/mol. The van der Waals surface area contributed by atoms with Gasteiger partial charge < -0.3 is 16.3 Å². The summed E-state index contributed by atoms with van der Waals surface area (Å²) < 4.78 is 26.0. The number of amides is 2. The van der Waals surface area contributed by atoms with Crippen molar-refractivity contribution >= 4 is 18.0 Å². The summed E-state index contributed by atoms with van der Waals surface area (Å²) in [6.07, 6.45) is 2.31. The third-order valence-electron chi connectivity index (χ3n) is 2.82. The molecule has 2 amide bonds. The summed E-state index contributed by atoms with van der Waals surface area (Å²) in [7, 11) is 0. The quantitative estimate of drug-likeness (QED) is 0.588. The standard InChI is InChI=1S/C13H17F2N3O2/c14-11-5-4-10(7-12(11)15)18(13(17)20)6-2-1-3-9(16)8-19/h4-5,7-9H,1-3,6,16H2,(H2,17,20). The topological polar surface area (TPSA) is 89.4 Å². The molecule has 0 aliphatic carbocycles. The molecule has 1 aromatic rings. The van der Waals surface area contributed by atoms with Crippen LogP contribution in [-0.4, -0.2) is 24.9 Å². The SMILES string of the molecule is NC(=O)N(CCCCC(N)C=O)c1ccc(F)c(F)c1. The number of carbonyl (C=O) groups is 2. The molecule has 0 saturated carbocycles. The van der Waals surface area contributed by atoms with E-state index in [9.17, 15) is 18.4 Å². The van der Waals surface area contributed by atoms with E-state index in [1.165, 1.54) is 6.07 Å². The molecule has 110 valence electrons. The lowest BCUT2D eigenvalue weighted by molar-refractivity contribution is -0.109. The first kappa shape index (κ1) is 16.0. The first-order valence-corrected chi connectivity index (χ1v) is 6.18. The third-order valence-corrected chi connectivity index (χ3v) is 2.82. The molecule has 1 rings (SSSR count). The van der Waals surface area contributed by atoms with E-state index < -0.39 is 23.7 Å². The van der Waals surface area contributed by atoms with Crippen LogP contribution in [0.2, 0.25) is 0 Å². The Hall–Kier alpha value is -2.02. The maximum Gasteiger partial charge on any atom is 0.319 e. The van der Waals surface area contributed by atoms with Gasteiger partial charge in [0, 0.05) is 18.3 Å². The Morgan fingerprint density at radius 3 is 2.55 bits per heavy atom. The van der Waals surface area contributed by atoms with Crippen molar-refractivity contribution in [3.63, 3.8) is 0 Å². The van der Waals surface area contributed by atoms with Crippen LogP contribution in [0.1, 0.15) is 19.3 Å². The van der Waals surface area contributed by atoms with Gasteiger partial charge in [-0.1, -0.05) is 0 Å². The maximum atomic E-state index is 13.1. The highest BCUT2D eigenvalue weighted by Crippen LogP contribution is 2.18. The van der Waals surface area contributed by atoms with Gasteiger partial charge in [-0.15, -0.1) is 0 Å². The van der Waals surface area contributed by atoms with Crippen LogP contribution >= 0.6 is 0 Å². The number of halogens is 2. The fourth-order valence-corrected chi connectivity index (χ4v) is 1.74. The molecule has 7 heteroatoms. The zero-order valence-corrected chi connectivity index (χ0v) is 10.9. The minimum atomic E-state index is -1.04. The molecule has 0 aliphatic heterocycles. The van der Waals surface area contributed by atoms with Gasteiger partial charge in [0.25, 0.3) is 0 Å². The first-order chi connectivity index (χ1) is 9.45. The molecule has 0 saturated heterocycles. The molecule has 5 nitrogen and oxygen atoms in total. The van der Waals surface area contributed by atoms with E-state index in [2.05, 4.69) is 0 Å². The lowest BCUT2D eigenvalue weighted by atomic mass is 10.1. The number of urea groups is 1. The van der Waals surface area contributed by atoms with Gasteiger partial charge in [0.15, 0.2) is 11.6 Å². The van der Waals surface area contributed by atoms with Crippen LogP contribution in [0, 0.1) is 11.6 Å². The van der Waals surface area contributed by atoms with Gasteiger partial charge in [-0.3, -0.25) is 4.90 Å². The number of anilines is 1. The van der Waals surface area contributed by atoms with Crippen molar-refractivity contribution < 1.29 is 18.4 Å². The van der Waals surface area contributed by atoms with Gasteiger partial charge in [0.1, 0.15) is 6.29 Å². The van der Waals surface area contributed by atoms with Crippen molar-refractivity contribution in [3.05, 3.63) is 29.8 Å². The van der Waals surface area contributed by atoms with Crippen LogP contribution < -0.4 is 16.4 Å². The number of benzene rings is 1. The van der Waals surface area contributed by atoms with Crippen molar-refractivity contribution in [1.29, 1.82) is 0 Å². The van der Waals surface area contributed by atoms with E-state index in [1.54, 1.807) is 0 Å². The van der Waals surface area contributed by atoms with E-state index in [1.807, 2.05) is 0 Å². The number of rotatable bonds is 7. The summed E-state index contributed by atoms with van der Waals surface area (Å²) in [5.41, 5.74) is 10.8. The second kappa shape index (κ2) is 7.54. The van der Waals surface area contributed by atoms with Crippen LogP contribution in [0.4, 0.5) is 19.3 Å². The van der Waals surface area contributed by atoms with Crippen molar-refractivity contribution in [3.8, 4) is 0 Å². The summed E-state index contributed by atoms with van der Waals surface area (Å²) in [4.78, 5) is 22.8. The highest BCUT2D eigenvalue weighted by molar-refractivity contribution is 5.90. The second-order valence-electron chi connectivity index (χ2n) is 4.38. The number of hydrogen-bond donors (Lipinski definition) is 2. The molecule has 0 spiro atoms. The van der Waals surface area contributed by atoms with Crippen molar-refractivity contribution in [2.24, 2.45) is 11.5 Å². The van der Waals surface area contributed by atoms with Crippen molar-refractivity contribution in [1.82, 2.24) is 0 Å². The molecule has 0 aromatic heterocycles. The van der Waals surface area contributed by atoms with Gasteiger partial charge >= 0.3 is 6.03 Å². The first-order valence-electron chi connectivity index (χ1n) is 6.18. The number of nitrogens with two attached hydrogens (primary N) is 2. The summed E-state index contributed by atoms with van der Waals surface area (Å²) in [6, 6.07) is 1.84. The van der Waals surface area contributed by atoms with Crippen LogP contribution in [0.5, 0.6) is 0 Å². The van der Waals surface area contributed by atoms with Crippen LogP contribution in [0.3, 0.4) is 0 Å². The number of aldehydes is 1.